The minimum absolute atomic E-state index is 0.158. The number of rotatable bonds is 4. The van der Waals surface area contributed by atoms with Gasteiger partial charge in [-0.25, -0.2) is 17.9 Å². The molecule has 0 aromatic heterocycles. The number of sulfonamides is 1. The summed E-state index contributed by atoms with van der Waals surface area (Å²) in [5.41, 5.74) is 0.703. The van der Waals surface area contributed by atoms with Crippen LogP contribution in [0.25, 0.3) is 0 Å². The van der Waals surface area contributed by atoms with Crippen molar-refractivity contribution in [3.63, 3.8) is 0 Å². The zero-order valence-electron chi connectivity index (χ0n) is 11.0. The molecule has 8 heteroatoms. The first-order valence-corrected chi connectivity index (χ1v) is 7.68. The van der Waals surface area contributed by atoms with E-state index in [4.69, 9.17) is 0 Å². The van der Waals surface area contributed by atoms with Crippen LogP contribution in [-0.2, 0) is 14.8 Å². The Morgan fingerprint density at radius 2 is 2.05 bits per heavy atom. The van der Waals surface area contributed by atoms with Crippen molar-refractivity contribution in [1.29, 1.82) is 0 Å². The SMILES string of the molecule is CNS(=O)(=O)c1ccc(N2CCNCC2C(=O)O)cc1. The molecule has 1 aliphatic rings. The number of benzene rings is 1. The van der Waals surface area contributed by atoms with E-state index in [9.17, 15) is 18.3 Å². The fraction of sp³-hybridized carbons (Fsp3) is 0.417. The zero-order chi connectivity index (χ0) is 14.8. The largest absolute Gasteiger partial charge is 0.480 e. The lowest BCUT2D eigenvalue weighted by molar-refractivity contribution is -0.138. The van der Waals surface area contributed by atoms with Crippen LogP contribution in [0, 0.1) is 0 Å². The normalized spacial score (nSPS) is 19.9. The quantitative estimate of drug-likeness (QED) is 0.690. The van der Waals surface area contributed by atoms with Crippen molar-refractivity contribution < 1.29 is 18.3 Å². The smallest absolute Gasteiger partial charge is 0.327 e. The van der Waals surface area contributed by atoms with Gasteiger partial charge in [-0.15, -0.1) is 0 Å². The molecule has 0 bridgehead atoms. The molecule has 0 amide bonds. The maximum Gasteiger partial charge on any atom is 0.327 e. The third kappa shape index (κ3) is 2.92. The third-order valence-electron chi connectivity index (χ3n) is 3.28. The van der Waals surface area contributed by atoms with E-state index in [0.717, 1.165) is 0 Å². The van der Waals surface area contributed by atoms with Gasteiger partial charge in [0.15, 0.2) is 0 Å². The van der Waals surface area contributed by atoms with Gasteiger partial charge in [-0.2, -0.15) is 0 Å². The number of nitrogens with zero attached hydrogens (tertiary/aromatic N) is 1. The Morgan fingerprint density at radius 1 is 1.40 bits per heavy atom. The van der Waals surface area contributed by atoms with Gasteiger partial charge >= 0.3 is 5.97 Å². The highest BCUT2D eigenvalue weighted by molar-refractivity contribution is 7.89. The molecule has 1 aliphatic heterocycles. The van der Waals surface area contributed by atoms with E-state index in [1.807, 2.05) is 0 Å². The van der Waals surface area contributed by atoms with E-state index in [1.165, 1.54) is 19.2 Å². The molecule has 1 aromatic rings. The number of hydrogen-bond donors (Lipinski definition) is 3. The second-order valence-corrected chi connectivity index (χ2v) is 6.34. The van der Waals surface area contributed by atoms with Crippen LogP contribution in [0.4, 0.5) is 5.69 Å². The Morgan fingerprint density at radius 3 is 2.60 bits per heavy atom. The van der Waals surface area contributed by atoms with Gasteiger partial charge in [-0.3, -0.25) is 0 Å². The molecule has 1 heterocycles. The van der Waals surface area contributed by atoms with E-state index >= 15 is 0 Å². The predicted molar refractivity (Wildman–Crippen MR) is 74.3 cm³/mol. The molecule has 110 valence electrons. The number of carboxylic acid groups (broad SMARTS) is 1. The number of carboxylic acids is 1. The molecular weight excluding hydrogens is 282 g/mol. The van der Waals surface area contributed by atoms with Crippen LogP contribution in [0.2, 0.25) is 0 Å². The van der Waals surface area contributed by atoms with Crippen LogP contribution in [0.3, 0.4) is 0 Å². The number of piperazine rings is 1. The maximum absolute atomic E-state index is 11.6. The van der Waals surface area contributed by atoms with Crippen molar-refractivity contribution >= 4 is 21.7 Å². The lowest BCUT2D eigenvalue weighted by Gasteiger charge is -2.35. The summed E-state index contributed by atoms with van der Waals surface area (Å²) in [6, 6.07) is 5.57. The summed E-state index contributed by atoms with van der Waals surface area (Å²) in [6.07, 6.45) is 0. The summed E-state index contributed by atoms with van der Waals surface area (Å²) in [5.74, 6) is -0.899. The molecular formula is C12H17N3O4S. The summed E-state index contributed by atoms with van der Waals surface area (Å²) < 4.78 is 25.5. The summed E-state index contributed by atoms with van der Waals surface area (Å²) in [4.78, 5) is 13.1. The van der Waals surface area contributed by atoms with E-state index in [0.29, 0.717) is 25.3 Å². The Bertz CT molecular complexity index is 585. The molecule has 1 saturated heterocycles. The van der Waals surface area contributed by atoms with Crippen LogP contribution in [0.1, 0.15) is 0 Å². The van der Waals surface area contributed by atoms with E-state index < -0.39 is 22.0 Å². The Labute approximate surface area is 117 Å². The maximum atomic E-state index is 11.6. The molecule has 1 aromatic carbocycles. The average Bonchev–Trinajstić information content (AvgIpc) is 2.47. The van der Waals surface area contributed by atoms with Crippen molar-refractivity contribution in [2.24, 2.45) is 0 Å². The van der Waals surface area contributed by atoms with Crippen molar-refractivity contribution in [1.82, 2.24) is 10.0 Å². The fourth-order valence-corrected chi connectivity index (χ4v) is 2.90. The molecule has 0 radical (unpaired) electrons. The Hall–Kier alpha value is -1.64. The lowest BCUT2D eigenvalue weighted by atomic mass is 10.1. The molecule has 2 rings (SSSR count). The van der Waals surface area contributed by atoms with Crippen LogP contribution >= 0.6 is 0 Å². The van der Waals surface area contributed by atoms with Gasteiger partial charge in [0.05, 0.1) is 4.90 Å². The van der Waals surface area contributed by atoms with Gasteiger partial charge in [-0.1, -0.05) is 0 Å². The molecule has 3 N–H and O–H groups in total. The first-order valence-electron chi connectivity index (χ1n) is 6.19. The topological polar surface area (TPSA) is 98.7 Å². The van der Waals surface area contributed by atoms with Crippen LogP contribution < -0.4 is 14.9 Å². The monoisotopic (exact) mass is 299 g/mol. The Kier molecular flexibility index (Phi) is 4.26. The number of nitrogens with one attached hydrogen (secondary N) is 2. The van der Waals surface area contributed by atoms with Gasteiger partial charge in [0, 0.05) is 25.3 Å². The zero-order valence-corrected chi connectivity index (χ0v) is 11.9. The van der Waals surface area contributed by atoms with Crippen molar-refractivity contribution in [2.75, 3.05) is 31.6 Å². The minimum Gasteiger partial charge on any atom is -0.480 e. The summed E-state index contributed by atoms with van der Waals surface area (Å²) >= 11 is 0. The van der Waals surface area contributed by atoms with Crippen molar-refractivity contribution in [3.05, 3.63) is 24.3 Å². The summed E-state index contributed by atoms with van der Waals surface area (Å²) in [5, 5.41) is 12.2. The third-order valence-corrected chi connectivity index (χ3v) is 4.71. The molecule has 1 unspecified atom stereocenters. The van der Waals surface area contributed by atoms with Gasteiger partial charge in [0.2, 0.25) is 10.0 Å². The standard InChI is InChI=1S/C12H17N3O4S/c1-13-20(18,19)10-4-2-9(3-5-10)15-7-6-14-8-11(15)12(16)17/h2-5,11,13-14H,6-8H2,1H3,(H,16,17). The Balaban J connectivity index is 2.27. The number of hydrogen-bond acceptors (Lipinski definition) is 5. The number of aliphatic carboxylic acids is 1. The van der Waals surface area contributed by atoms with E-state index in [1.54, 1.807) is 17.0 Å². The molecule has 0 saturated carbocycles. The fourth-order valence-electron chi connectivity index (χ4n) is 2.17. The average molecular weight is 299 g/mol. The number of anilines is 1. The molecule has 20 heavy (non-hydrogen) atoms. The highest BCUT2D eigenvalue weighted by Gasteiger charge is 2.28. The first-order chi connectivity index (χ1) is 9.45. The van der Waals surface area contributed by atoms with Crippen molar-refractivity contribution in [2.45, 2.75) is 10.9 Å². The van der Waals surface area contributed by atoms with E-state index in [2.05, 4.69) is 10.0 Å². The lowest BCUT2D eigenvalue weighted by Crippen LogP contribution is -2.55. The summed E-state index contributed by atoms with van der Waals surface area (Å²) in [6.45, 7) is 1.63. The molecule has 1 fully saturated rings. The highest BCUT2D eigenvalue weighted by Crippen LogP contribution is 2.21. The van der Waals surface area contributed by atoms with Gasteiger partial charge in [0.1, 0.15) is 6.04 Å². The van der Waals surface area contributed by atoms with Crippen LogP contribution in [-0.4, -0.2) is 52.2 Å². The molecule has 0 spiro atoms. The highest BCUT2D eigenvalue weighted by atomic mass is 32.2. The molecule has 7 nitrogen and oxygen atoms in total. The minimum atomic E-state index is -3.47. The van der Waals surface area contributed by atoms with E-state index in [-0.39, 0.29) is 4.90 Å². The predicted octanol–water partition coefficient (Wildman–Crippen LogP) is -0.542. The van der Waals surface area contributed by atoms with Gasteiger partial charge in [0.25, 0.3) is 0 Å². The first kappa shape index (κ1) is 14.8. The second kappa shape index (κ2) is 5.78. The molecule has 1 atom stereocenters. The van der Waals surface area contributed by atoms with Crippen LogP contribution in [0.15, 0.2) is 29.2 Å². The van der Waals surface area contributed by atoms with Crippen LogP contribution in [0.5, 0.6) is 0 Å². The van der Waals surface area contributed by atoms with Gasteiger partial charge in [-0.05, 0) is 31.3 Å². The van der Waals surface area contributed by atoms with Gasteiger partial charge < -0.3 is 15.3 Å². The second-order valence-electron chi connectivity index (χ2n) is 4.45. The van der Waals surface area contributed by atoms with Crippen molar-refractivity contribution in [3.8, 4) is 0 Å². The summed E-state index contributed by atoms with van der Waals surface area (Å²) in [7, 11) is -2.13. The number of carbonyl (C=O) groups is 1. The molecule has 0 aliphatic carbocycles.